The SMILES string of the molecule is CN(C)c1cc(C(F)(F)F)nc(N2CCCC(c3n[nH]c(C4CC4)n3)C2)n1. The maximum absolute atomic E-state index is 13.3. The lowest BCUT2D eigenvalue weighted by Gasteiger charge is -2.32. The van der Waals surface area contributed by atoms with Gasteiger partial charge >= 0.3 is 6.18 Å². The molecule has 1 saturated carbocycles. The average Bonchev–Trinajstić information content (AvgIpc) is 3.37. The molecule has 2 fully saturated rings. The Balaban J connectivity index is 1.59. The monoisotopic (exact) mass is 381 g/mol. The second kappa shape index (κ2) is 6.65. The molecule has 1 N–H and O–H groups in total. The van der Waals surface area contributed by atoms with Crippen LogP contribution in [0.1, 0.15) is 54.9 Å². The molecule has 0 bridgehead atoms. The number of rotatable bonds is 4. The van der Waals surface area contributed by atoms with Crippen LogP contribution in [0.25, 0.3) is 0 Å². The van der Waals surface area contributed by atoms with E-state index >= 15 is 0 Å². The van der Waals surface area contributed by atoms with Crippen LogP contribution < -0.4 is 9.80 Å². The van der Waals surface area contributed by atoms with Crippen LogP contribution in [0.2, 0.25) is 0 Å². The molecule has 1 saturated heterocycles. The van der Waals surface area contributed by atoms with Crippen molar-refractivity contribution in [3.8, 4) is 0 Å². The standard InChI is InChI=1S/C17H22F3N7/c1-26(2)13-8-12(17(18,19)20)21-16(22-13)27-7-3-4-11(9-27)15-23-14(24-25-15)10-5-6-10/h8,10-11H,3-7,9H2,1-2H3,(H,23,24,25). The number of piperidine rings is 1. The first kappa shape index (κ1) is 18.0. The van der Waals surface area contributed by atoms with Gasteiger partial charge in [-0.3, -0.25) is 5.10 Å². The first-order chi connectivity index (χ1) is 12.8. The minimum atomic E-state index is -4.51. The molecule has 27 heavy (non-hydrogen) atoms. The summed E-state index contributed by atoms with van der Waals surface area (Å²) in [5.41, 5.74) is -0.924. The Kier molecular flexibility index (Phi) is 4.43. The highest BCUT2D eigenvalue weighted by molar-refractivity contribution is 5.46. The molecule has 1 atom stereocenters. The number of hydrogen-bond donors (Lipinski definition) is 1. The quantitative estimate of drug-likeness (QED) is 0.878. The van der Waals surface area contributed by atoms with Gasteiger partial charge in [-0.1, -0.05) is 0 Å². The van der Waals surface area contributed by atoms with E-state index in [9.17, 15) is 13.2 Å². The van der Waals surface area contributed by atoms with E-state index in [0.29, 0.717) is 19.0 Å². The fourth-order valence-corrected chi connectivity index (χ4v) is 3.32. The molecule has 1 unspecified atom stereocenters. The molecule has 0 spiro atoms. The molecule has 1 aliphatic heterocycles. The molecule has 146 valence electrons. The number of aromatic amines is 1. The van der Waals surface area contributed by atoms with Crippen LogP contribution in [-0.2, 0) is 6.18 Å². The van der Waals surface area contributed by atoms with Crippen molar-refractivity contribution in [2.75, 3.05) is 37.0 Å². The van der Waals surface area contributed by atoms with Gasteiger partial charge in [0.15, 0.2) is 11.5 Å². The van der Waals surface area contributed by atoms with Gasteiger partial charge in [0.25, 0.3) is 0 Å². The minimum absolute atomic E-state index is 0.0587. The summed E-state index contributed by atoms with van der Waals surface area (Å²) in [6.45, 7) is 1.13. The molecule has 0 amide bonds. The normalized spacial score (nSPS) is 20.8. The maximum atomic E-state index is 13.3. The van der Waals surface area contributed by atoms with Gasteiger partial charge in [0.2, 0.25) is 5.95 Å². The first-order valence-corrected chi connectivity index (χ1v) is 9.12. The number of alkyl halides is 3. The molecule has 3 heterocycles. The number of halogens is 3. The summed E-state index contributed by atoms with van der Waals surface area (Å²) in [6, 6.07) is 0.974. The van der Waals surface area contributed by atoms with Gasteiger partial charge in [0, 0.05) is 45.1 Å². The van der Waals surface area contributed by atoms with E-state index in [1.807, 2.05) is 4.90 Å². The van der Waals surface area contributed by atoms with E-state index in [2.05, 4.69) is 25.1 Å². The number of anilines is 2. The van der Waals surface area contributed by atoms with Crippen LogP contribution >= 0.6 is 0 Å². The lowest BCUT2D eigenvalue weighted by atomic mass is 9.97. The van der Waals surface area contributed by atoms with Crippen LogP contribution in [0.3, 0.4) is 0 Å². The van der Waals surface area contributed by atoms with Crippen molar-refractivity contribution in [2.45, 2.75) is 43.7 Å². The zero-order valence-electron chi connectivity index (χ0n) is 15.3. The van der Waals surface area contributed by atoms with E-state index in [-0.39, 0.29) is 17.7 Å². The van der Waals surface area contributed by atoms with Gasteiger partial charge in [-0.15, -0.1) is 0 Å². The van der Waals surface area contributed by atoms with Crippen molar-refractivity contribution in [3.63, 3.8) is 0 Å². The van der Waals surface area contributed by atoms with Crippen molar-refractivity contribution in [3.05, 3.63) is 23.4 Å². The van der Waals surface area contributed by atoms with Crippen LogP contribution in [0.5, 0.6) is 0 Å². The van der Waals surface area contributed by atoms with E-state index in [0.717, 1.165) is 43.4 Å². The van der Waals surface area contributed by atoms with Gasteiger partial charge in [-0.25, -0.2) is 9.97 Å². The van der Waals surface area contributed by atoms with Crippen LogP contribution in [0.15, 0.2) is 6.07 Å². The summed E-state index contributed by atoms with van der Waals surface area (Å²) in [5, 5.41) is 7.35. The lowest BCUT2D eigenvalue weighted by Crippen LogP contribution is -2.36. The second-order valence-corrected chi connectivity index (χ2v) is 7.44. The Hall–Kier alpha value is -2.39. The summed E-state index contributed by atoms with van der Waals surface area (Å²) in [4.78, 5) is 16.1. The van der Waals surface area contributed by atoms with Gasteiger partial charge in [-0.2, -0.15) is 23.3 Å². The Morgan fingerprint density at radius 2 is 1.89 bits per heavy atom. The smallest absolute Gasteiger partial charge is 0.363 e. The number of hydrogen-bond acceptors (Lipinski definition) is 6. The summed E-state index contributed by atoms with van der Waals surface area (Å²) in [6.07, 6.45) is -0.513. The maximum Gasteiger partial charge on any atom is 0.433 e. The Bertz CT molecular complexity index is 813. The first-order valence-electron chi connectivity index (χ1n) is 9.12. The third-order valence-corrected chi connectivity index (χ3v) is 5.00. The highest BCUT2D eigenvalue weighted by atomic mass is 19.4. The molecule has 2 aromatic rings. The molecular weight excluding hydrogens is 359 g/mol. The highest BCUT2D eigenvalue weighted by Crippen LogP contribution is 2.39. The van der Waals surface area contributed by atoms with E-state index in [1.54, 1.807) is 19.0 Å². The van der Waals surface area contributed by atoms with Crippen LogP contribution in [0, 0.1) is 0 Å². The largest absolute Gasteiger partial charge is 0.433 e. The lowest BCUT2D eigenvalue weighted by molar-refractivity contribution is -0.141. The molecule has 0 aromatic carbocycles. The fourth-order valence-electron chi connectivity index (χ4n) is 3.32. The molecule has 10 heteroatoms. The summed E-state index contributed by atoms with van der Waals surface area (Å²) in [5.74, 6) is 2.55. The van der Waals surface area contributed by atoms with E-state index in [4.69, 9.17) is 0 Å². The Morgan fingerprint density at radius 3 is 2.56 bits per heavy atom. The predicted molar refractivity (Wildman–Crippen MR) is 93.9 cm³/mol. The highest BCUT2D eigenvalue weighted by Gasteiger charge is 2.35. The summed E-state index contributed by atoms with van der Waals surface area (Å²) < 4.78 is 39.8. The zero-order chi connectivity index (χ0) is 19.2. The number of nitrogens with zero attached hydrogens (tertiary/aromatic N) is 6. The van der Waals surface area contributed by atoms with Gasteiger partial charge in [0.1, 0.15) is 11.6 Å². The van der Waals surface area contributed by atoms with Crippen molar-refractivity contribution >= 4 is 11.8 Å². The molecule has 2 aromatic heterocycles. The molecule has 1 aliphatic carbocycles. The fraction of sp³-hybridized carbons (Fsp3) is 0.647. The van der Waals surface area contributed by atoms with Gasteiger partial charge < -0.3 is 9.80 Å². The molecular formula is C17H22F3N7. The van der Waals surface area contributed by atoms with E-state index < -0.39 is 11.9 Å². The summed E-state index contributed by atoms with van der Waals surface area (Å²) in [7, 11) is 3.33. The molecule has 0 radical (unpaired) electrons. The Morgan fingerprint density at radius 1 is 1.11 bits per heavy atom. The number of aromatic nitrogens is 5. The molecule has 7 nitrogen and oxygen atoms in total. The number of nitrogens with one attached hydrogen (secondary N) is 1. The second-order valence-electron chi connectivity index (χ2n) is 7.44. The van der Waals surface area contributed by atoms with Crippen molar-refractivity contribution in [1.82, 2.24) is 25.1 Å². The molecule has 2 aliphatic rings. The minimum Gasteiger partial charge on any atom is -0.363 e. The summed E-state index contributed by atoms with van der Waals surface area (Å²) >= 11 is 0. The van der Waals surface area contributed by atoms with E-state index in [1.165, 1.54) is 0 Å². The number of H-pyrrole nitrogens is 1. The van der Waals surface area contributed by atoms with Crippen molar-refractivity contribution in [2.24, 2.45) is 0 Å². The van der Waals surface area contributed by atoms with Crippen LogP contribution in [0.4, 0.5) is 24.9 Å². The topological polar surface area (TPSA) is 73.8 Å². The van der Waals surface area contributed by atoms with Crippen LogP contribution in [-0.4, -0.2) is 52.3 Å². The third kappa shape index (κ3) is 3.84. The zero-order valence-corrected chi connectivity index (χ0v) is 15.3. The van der Waals surface area contributed by atoms with Crippen molar-refractivity contribution < 1.29 is 13.2 Å². The average molecular weight is 381 g/mol. The third-order valence-electron chi connectivity index (χ3n) is 5.00. The van der Waals surface area contributed by atoms with Gasteiger partial charge in [0.05, 0.1) is 0 Å². The molecule has 4 rings (SSSR count). The Labute approximate surface area is 155 Å². The van der Waals surface area contributed by atoms with Gasteiger partial charge in [-0.05, 0) is 25.7 Å². The van der Waals surface area contributed by atoms with Crippen molar-refractivity contribution in [1.29, 1.82) is 0 Å². The predicted octanol–water partition coefficient (Wildman–Crippen LogP) is 2.94.